The van der Waals surface area contributed by atoms with Gasteiger partial charge < -0.3 is 10.1 Å². The number of imidazole rings is 1. The molecule has 7 heteroatoms. The maximum Gasteiger partial charge on any atom is 0.232 e. The lowest BCUT2D eigenvalue weighted by molar-refractivity contribution is -0.122. The molecule has 0 unspecified atom stereocenters. The molecule has 0 aliphatic heterocycles. The third-order valence-electron chi connectivity index (χ3n) is 7.12. The van der Waals surface area contributed by atoms with Crippen LogP contribution in [0, 0.1) is 0 Å². The monoisotopic (exact) mass is 489 g/mol. The molecule has 1 N–H and O–H groups in total. The Labute approximate surface area is 215 Å². The number of ether oxygens (including phenoxy) is 1. The van der Waals surface area contributed by atoms with Crippen LogP contribution in [0.1, 0.15) is 31.7 Å². The Morgan fingerprint density at radius 3 is 2.35 bits per heavy atom. The van der Waals surface area contributed by atoms with Gasteiger partial charge in [0.2, 0.25) is 11.8 Å². The van der Waals surface area contributed by atoms with Crippen molar-refractivity contribution in [3.05, 3.63) is 90.8 Å². The Kier molecular flexibility index (Phi) is 5.68. The van der Waals surface area contributed by atoms with E-state index in [2.05, 4.69) is 46.7 Å². The van der Waals surface area contributed by atoms with Gasteiger partial charge in [-0.1, -0.05) is 60.7 Å². The highest BCUT2D eigenvalue weighted by atomic mass is 16.5. The fourth-order valence-corrected chi connectivity index (χ4v) is 5.19. The zero-order valence-corrected chi connectivity index (χ0v) is 20.8. The highest BCUT2D eigenvalue weighted by Gasteiger charge is 2.39. The van der Waals surface area contributed by atoms with Crippen molar-refractivity contribution < 1.29 is 9.53 Å². The summed E-state index contributed by atoms with van der Waals surface area (Å²) in [5.74, 6) is 0.489. The number of carbonyl (C=O) groups excluding carboxylic acids is 1. The molecule has 0 atom stereocenters. The average Bonchev–Trinajstić information content (AvgIpc) is 3.30. The zero-order valence-electron chi connectivity index (χ0n) is 20.8. The van der Waals surface area contributed by atoms with Crippen LogP contribution >= 0.6 is 0 Å². The first kappa shape index (κ1) is 22.9. The molecular formula is C30H27N5O2. The van der Waals surface area contributed by atoms with Crippen LogP contribution in [0.3, 0.4) is 0 Å². The number of pyridine rings is 1. The highest BCUT2D eigenvalue weighted by molar-refractivity contribution is 5.87. The lowest BCUT2D eigenvalue weighted by Crippen LogP contribution is -2.50. The number of carbonyl (C=O) groups is 1. The van der Waals surface area contributed by atoms with Gasteiger partial charge in [-0.25, -0.2) is 9.50 Å². The van der Waals surface area contributed by atoms with Gasteiger partial charge in [-0.3, -0.25) is 9.78 Å². The standard InChI is InChI=1S/C30H27N5O2/c1-20(36)33-30(15-7-16-30)24-13-11-21(12-14-24)27-28(22-8-4-3-5-9-22)35-29(32-27)25(18-26(34-35)37-2)23-10-6-17-31-19-23/h3-6,8-14,17-19H,7,15-16H2,1-2H3,(H,33,36). The normalized spacial score (nSPS) is 14.2. The van der Waals surface area contributed by atoms with Crippen molar-refractivity contribution in [1.29, 1.82) is 0 Å². The molecule has 1 aliphatic rings. The van der Waals surface area contributed by atoms with E-state index in [-0.39, 0.29) is 11.4 Å². The number of hydrogen-bond acceptors (Lipinski definition) is 5. The van der Waals surface area contributed by atoms with Crippen LogP contribution in [-0.4, -0.2) is 32.6 Å². The van der Waals surface area contributed by atoms with E-state index in [1.165, 1.54) is 0 Å². The summed E-state index contributed by atoms with van der Waals surface area (Å²) in [7, 11) is 1.62. The number of nitrogens with one attached hydrogen (secondary N) is 1. The first-order valence-electron chi connectivity index (χ1n) is 12.4. The van der Waals surface area contributed by atoms with E-state index in [1.54, 1.807) is 20.2 Å². The summed E-state index contributed by atoms with van der Waals surface area (Å²) in [5.41, 5.74) is 7.08. The maximum atomic E-state index is 11.9. The van der Waals surface area contributed by atoms with Crippen LogP contribution in [-0.2, 0) is 10.3 Å². The topological polar surface area (TPSA) is 81.4 Å². The van der Waals surface area contributed by atoms with E-state index in [0.717, 1.165) is 64.1 Å². The van der Waals surface area contributed by atoms with E-state index in [0.29, 0.717) is 5.88 Å². The number of amides is 1. The van der Waals surface area contributed by atoms with Crippen LogP contribution in [0.4, 0.5) is 0 Å². The molecule has 6 rings (SSSR count). The van der Waals surface area contributed by atoms with Crippen LogP contribution in [0.5, 0.6) is 5.88 Å². The molecule has 3 aromatic heterocycles. The van der Waals surface area contributed by atoms with Crippen molar-refractivity contribution in [2.45, 2.75) is 31.7 Å². The Hall–Kier alpha value is -4.52. The molecule has 0 saturated heterocycles. The number of nitrogens with zero attached hydrogens (tertiary/aromatic N) is 4. The molecule has 0 radical (unpaired) electrons. The summed E-state index contributed by atoms with van der Waals surface area (Å²) in [5, 5.41) is 7.96. The number of benzene rings is 2. The molecule has 1 fully saturated rings. The number of hydrogen-bond donors (Lipinski definition) is 1. The molecule has 3 heterocycles. The lowest BCUT2D eigenvalue weighted by atomic mass is 9.71. The Bertz CT molecular complexity index is 1570. The molecule has 1 amide bonds. The third kappa shape index (κ3) is 4.02. The van der Waals surface area contributed by atoms with E-state index < -0.39 is 0 Å². The van der Waals surface area contributed by atoms with Gasteiger partial charge in [-0.15, -0.1) is 5.10 Å². The summed E-state index contributed by atoms with van der Waals surface area (Å²) in [6.07, 6.45) is 6.59. The second-order valence-corrected chi connectivity index (χ2v) is 9.45. The van der Waals surface area contributed by atoms with Crippen LogP contribution in [0.25, 0.3) is 39.3 Å². The molecule has 2 aromatic carbocycles. The Balaban J connectivity index is 1.56. The number of methoxy groups -OCH3 is 1. The predicted octanol–water partition coefficient (Wildman–Crippen LogP) is 5.65. The number of aromatic nitrogens is 4. The van der Waals surface area contributed by atoms with Crippen molar-refractivity contribution in [2.24, 2.45) is 0 Å². The summed E-state index contributed by atoms with van der Waals surface area (Å²) in [4.78, 5) is 21.3. The highest BCUT2D eigenvalue weighted by Crippen LogP contribution is 2.42. The Morgan fingerprint density at radius 2 is 1.73 bits per heavy atom. The van der Waals surface area contributed by atoms with Gasteiger partial charge >= 0.3 is 0 Å². The van der Waals surface area contributed by atoms with Crippen molar-refractivity contribution >= 4 is 11.6 Å². The zero-order chi connectivity index (χ0) is 25.4. The Morgan fingerprint density at radius 1 is 0.973 bits per heavy atom. The predicted molar refractivity (Wildman–Crippen MR) is 143 cm³/mol. The van der Waals surface area contributed by atoms with Crippen LogP contribution < -0.4 is 10.1 Å². The van der Waals surface area contributed by atoms with Gasteiger partial charge in [0.05, 0.1) is 18.3 Å². The molecule has 5 aromatic rings. The fourth-order valence-electron chi connectivity index (χ4n) is 5.19. The van der Waals surface area contributed by atoms with Gasteiger partial charge in [-0.2, -0.15) is 0 Å². The number of rotatable bonds is 6. The van der Waals surface area contributed by atoms with E-state index in [1.807, 2.05) is 47.1 Å². The van der Waals surface area contributed by atoms with Crippen LogP contribution in [0.15, 0.2) is 85.2 Å². The maximum absolute atomic E-state index is 11.9. The minimum absolute atomic E-state index is 0.00144. The first-order valence-corrected chi connectivity index (χ1v) is 12.4. The van der Waals surface area contributed by atoms with Gasteiger partial charge in [0.25, 0.3) is 0 Å². The summed E-state index contributed by atoms with van der Waals surface area (Å²) >= 11 is 0. The quantitative estimate of drug-likeness (QED) is 0.333. The van der Waals surface area contributed by atoms with Gasteiger partial charge in [0, 0.05) is 47.6 Å². The molecule has 1 aliphatic carbocycles. The minimum Gasteiger partial charge on any atom is -0.480 e. The molecule has 7 nitrogen and oxygen atoms in total. The lowest BCUT2D eigenvalue weighted by Gasteiger charge is -2.43. The average molecular weight is 490 g/mol. The smallest absolute Gasteiger partial charge is 0.232 e. The van der Waals surface area contributed by atoms with E-state index >= 15 is 0 Å². The molecular weight excluding hydrogens is 462 g/mol. The summed E-state index contributed by atoms with van der Waals surface area (Å²) in [6, 6.07) is 24.4. The van der Waals surface area contributed by atoms with E-state index in [4.69, 9.17) is 14.8 Å². The second kappa shape index (κ2) is 9.17. The molecule has 0 spiro atoms. The van der Waals surface area contributed by atoms with Crippen molar-refractivity contribution in [3.63, 3.8) is 0 Å². The summed E-state index contributed by atoms with van der Waals surface area (Å²) < 4.78 is 7.44. The fraction of sp³-hybridized carbons (Fsp3) is 0.200. The second-order valence-electron chi connectivity index (χ2n) is 9.45. The van der Waals surface area contributed by atoms with Crippen molar-refractivity contribution in [1.82, 2.24) is 24.9 Å². The van der Waals surface area contributed by atoms with Gasteiger partial charge in [0.15, 0.2) is 5.65 Å². The van der Waals surface area contributed by atoms with E-state index in [9.17, 15) is 4.79 Å². The molecule has 0 bridgehead atoms. The van der Waals surface area contributed by atoms with Crippen LogP contribution in [0.2, 0.25) is 0 Å². The SMILES string of the molecule is COc1cc(-c2cccnc2)c2nc(-c3ccc(C4(NC(C)=O)CCC4)cc3)c(-c3ccccc3)n2n1. The van der Waals surface area contributed by atoms with Crippen molar-refractivity contribution in [2.75, 3.05) is 7.11 Å². The van der Waals surface area contributed by atoms with Gasteiger partial charge in [-0.05, 0) is 30.9 Å². The largest absolute Gasteiger partial charge is 0.480 e. The third-order valence-corrected chi connectivity index (χ3v) is 7.12. The number of fused-ring (bicyclic) bond motifs is 1. The molecule has 37 heavy (non-hydrogen) atoms. The molecule has 1 saturated carbocycles. The first-order chi connectivity index (χ1) is 18.1. The summed E-state index contributed by atoms with van der Waals surface area (Å²) in [6.45, 7) is 1.58. The minimum atomic E-state index is -0.270. The van der Waals surface area contributed by atoms with Gasteiger partial charge in [0.1, 0.15) is 5.69 Å². The molecule has 184 valence electrons. The van der Waals surface area contributed by atoms with Crippen molar-refractivity contribution in [3.8, 4) is 39.5 Å².